The maximum absolute atomic E-state index is 11.4. The second kappa shape index (κ2) is 7.23. The van der Waals surface area contributed by atoms with Gasteiger partial charge in [0.15, 0.2) is 0 Å². The van der Waals surface area contributed by atoms with Crippen molar-refractivity contribution < 1.29 is 9.90 Å². The second-order valence-electron chi connectivity index (χ2n) is 5.38. The van der Waals surface area contributed by atoms with Crippen LogP contribution in [-0.4, -0.2) is 11.1 Å². The van der Waals surface area contributed by atoms with Crippen LogP contribution in [0.1, 0.15) is 15.9 Å². The Morgan fingerprint density at radius 2 is 1.58 bits per heavy atom. The van der Waals surface area contributed by atoms with Crippen molar-refractivity contribution >= 4 is 23.4 Å². The Kier molecular flexibility index (Phi) is 4.87. The molecular formula is C20H17NO2S. The van der Waals surface area contributed by atoms with E-state index in [4.69, 9.17) is 5.73 Å². The number of hydrogen-bond donors (Lipinski definition) is 2. The molecule has 3 aromatic rings. The van der Waals surface area contributed by atoms with Crippen LogP contribution in [0.5, 0.6) is 0 Å². The largest absolute Gasteiger partial charge is 0.478 e. The van der Waals surface area contributed by atoms with Crippen molar-refractivity contribution in [1.29, 1.82) is 0 Å². The van der Waals surface area contributed by atoms with Gasteiger partial charge in [-0.2, -0.15) is 0 Å². The van der Waals surface area contributed by atoms with Gasteiger partial charge in [0, 0.05) is 21.9 Å². The molecule has 0 amide bonds. The predicted octanol–water partition coefficient (Wildman–Crippen LogP) is 4.93. The normalized spacial score (nSPS) is 10.5. The van der Waals surface area contributed by atoms with E-state index < -0.39 is 5.97 Å². The van der Waals surface area contributed by atoms with Crippen molar-refractivity contribution in [2.24, 2.45) is 0 Å². The third-order valence-corrected chi connectivity index (χ3v) is 4.79. The first kappa shape index (κ1) is 16.1. The number of carboxylic acids is 1. The first-order valence-corrected chi connectivity index (χ1v) is 8.52. The Balaban J connectivity index is 2.02. The van der Waals surface area contributed by atoms with E-state index in [1.54, 1.807) is 17.8 Å². The lowest BCUT2D eigenvalue weighted by Crippen LogP contribution is -2.01. The molecule has 0 aromatic heterocycles. The molecule has 0 aliphatic rings. The van der Waals surface area contributed by atoms with Crippen molar-refractivity contribution in [3.05, 3.63) is 83.9 Å². The number of carbonyl (C=O) groups is 1. The number of carboxylic acid groups (broad SMARTS) is 1. The Morgan fingerprint density at radius 1 is 0.958 bits per heavy atom. The molecule has 0 radical (unpaired) electrons. The summed E-state index contributed by atoms with van der Waals surface area (Å²) in [4.78, 5) is 12.2. The van der Waals surface area contributed by atoms with Gasteiger partial charge in [0.25, 0.3) is 0 Å². The number of anilines is 1. The fourth-order valence-electron chi connectivity index (χ4n) is 2.52. The maximum atomic E-state index is 11.4. The number of hydrogen-bond acceptors (Lipinski definition) is 3. The van der Waals surface area contributed by atoms with Crippen LogP contribution in [0.3, 0.4) is 0 Å². The van der Waals surface area contributed by atoms with Gasteiger partial charge in [-0.1, -0.05) is 60.7 Å². The van der Waals surface area contributed by atoms with E-state index >= 15 is 0 Å². The van der Waals surface area contributed by atoms with Crippen LogP contribution in [0, 0.1) is 0 Å². The number of thioether (sulfide) groups is 1. The van der Waals surface area contributed by atoms with Crippen LogP contribution < -0.4 is 5.73 Å². The topological polar surface area (TPSA) is 63.3 Å². The third-order valence-electron chi connectivity index (χ3n) is 3.68. The van der Waals surface area contributed by atoms with Crippen LogP contribution >= 0.6 is 11.8 Å². The summed E-state index contributed by atoms with van der Waals surface area (Å²) in [6.45, 7) is 0. The fourth-order valence-corrected chi connectivity index (χ4v) is 3.63. The summed E-state index contributed by atoms with van der Waals surface area (Å²) in [6.07, 6.45) is 0. The van der Waals surface area contributed by atoms with E-state index in [2.05, 4.69) is 12.1 Å². The van der Waals surface area contributed by atoms with E-state index in [-0.39, 0.29) is 5.56 Å². The Hall–Kier alpha value is -2.72. The highest BCUT2D eigenvalue weighted by atomic mass is 32.2. The minimum absolute atomic E-state index is 0.211. The molecule has 3 aromatic carbocycles. The van der Waals surface area contributed by atoms with Crippen LogP contribution in [0.4, 0.5) is 5.69 Å². The number of nitrogens with two attached hydrogens (primary N) is 1. The molecule has 0 aliphatic heterocycles. The zero-order valence-corrected chi connectivity index (χ0v) is 13.8. The smallest absolute Gasteiger partial charge is 0.335 e. The van der Waals surface area contributed by atoms with Gasteiger partial charge in [-0.15, -0.1) is 11.8 Å². The van der Waals surface area contributed by atoms with Crippen LogP contribution in [0.25, 0.3) is 11.1 Å². The molecule has 3 N–H and O–H groups in total. The summed E-state index contributed by atoms with van der Waals surface area (Å²) in [7, 11) is 0. The Labute approximate surface area is 145 Å². The highest BCUT2D eigenvalue weighted by molar-refractivity contribution is 7.98. The molecular weight excluding hydrogens is 318 g/mol. The minimum Gasteiger partial charge on any atom is -0.478 e. The molecule has 0 atom stereocenters. The first-order valence-electron chi connectivity index (χ1n) is 7.54. The lowest BCUT2D eigenvalue weighted by molar-refractivity contribution is 0.0696. The Morgan fingerprint density at radius 3 is 2.21 bits per heavy atom. The van der Waals surface area contributed by atoms with Gasteiger partial charge in [-0.3, -0.25) is 0 Å². The zero-order chi connectivity index (χ0) is 16.9. The van der Waals surface area contributed by atoms with E-state index in [0.29, 0.717) is 5.69 Å². The molecule has 0 aliphatic carbocycles. The molecule has 0 heterocycles. The average molecular weight is 335 g/mol. The van der Waals surface area contributed by atoms with Gasteiger partial charge in [-0.05, 0) is 23.3 Å². The fraction of sp³-hybridized carbons (Fsp3) is 0.0500. The molecule has 0 unspecified atom stereocenters. The molecule has 0 saturated heterocycles. The van der Waals surface area contributed by atoms with Gasteiger partial charge in [0.05, 0.1) is 5.56 Å². The molecule has 24 heavy (non-hydrogen) atoms. The quantitative estimate of drug-likeness (QED) is 0.513. The van der Waals surface area contributed by atoms with Crippen molar-refractivity contribution in [3.63, 3.8) is 0 Å². The predicted molar refractivity (Wildman–Crippen MR) is 99.3 cm³/mol. The van der Waals surface area contributed by atoms with Crippen molar-refractivity contribution in [3.8, 4) is 11.1 Å². The van der Waals surface area contributed by atoms with Gasteiger partial charge in [-0.25, -0.2) is 4.79 Å². The molecule has 0 bridgehead atoms. The number of aromatic carboxylic acids is 1. The minimum atomic E-state index is -0.970. The summed E-state index contributed by atoms with van der Waals surface area (Å²) in [6, 6.07) is 23.1. The average Bonchev–Trinajstić information content (AvgIpc) is 2.61. The van der Waals surface area contributed by atoms with E-state index in [1.807, 2.05) is 48.5 Å². The summed E-state index contributed by atoms with van der Waals surface area (Å²) in [5.74, 6) is -0.216. The standard InChI is InChI=1S/C20H17NO2S/c21-17-11-16(20(22)23)12-18(19(17)15-9-5-2-6-10-15)24-13-14-7-3-1-4-8-14/h1-12H,13,21H2,(H,22,23). The molecule has 3 rings (SSSR count). The van der Waals surface area contributed by atoms with Crippen molar-refractivity contribution in [2.75, 3.05) is 5.73 Å². The molecule has 3 nitrogen and oxygen atoms in total. The van der Waals surface area contributed by atoms with Crippen LogP contribution in [0.2, 0.25) is 0 Å². The number of benzene rings is 3. The van der Waals surface area contributed by atoms with Crippen molar-refractivity contribution in [2.45, 2.75) is 10.6 Å². The lowest BCUT2D eigenvalue weighted by Gasteiger charge is -2.14. The summed E-state index contributed by atoms with van der Waals surface area (Å²) < 4.78 is 0. The summed E-state index contributed by atoms with van der Waals surface area (Å²) >= 11 is 1.60. The highest BCUT2D eigenvalue weighted by Gasteiger charge is 2.15. The molecule has 0 fully saturated rings. The van der Waals surface area contributed by atoms with Crippen LogP contribution in [0.15, 0.2) is 77.7 Å². The van der Waals surface area contributed by atoms with Gasteiger partial charge >= 0.3 is 5.97 Å². The van der Waals surface area contributed by atoms with E-state index in [1.165, 1.54) is 11.6 Å². The van der Waals surface area contributed by atoms with Gasteiger partial charge in [0.2, 0.25) is 0 Å². The summed E-state index contributed by atoms with van der Waals surface area (Å²) in [5, 5.41) is 9.32. The molecule has 0 spiro atoms. The SMILES string of the molecule is Nc1cc(C(=O)O)cc(SCc2ccccc2)c1-c1ccccc1. The third kappa shape index (κ3) is 3.60. The molecule has 0 saturated carbocycles. The van der Waals surface area contributed by atoms with Crippen LogP contribution in [-0.2, 0) is 5.75 Å². The highest BCUT2D eigenvalue weighted by Crippen LogP contribution is 2.38. The Bertz CT molecular complexity index is 848. The van der Waals surface area contributed by atoms with Gasteiger partial charge in [0.1, 0.15) is 0 Å². The number of nitrogen functional groups attached to an aromatic ring is 1. The first-order chi connectivity index (χ1) is 11.6. The number of rotatable bonds is 5. The monoisotopic (exact) mass is 335 g/mol. The lowest BCUT2D eigenvalue weighted by atomic mass is 10.0. The van der Waals surface area contributed by atoms with E-state index in [9.17, 15) is 9.90 Å². The molecule has 4 heteroatoms. The molecule has 120 valence electrons. The second-order valence-corrected chi connectivity index (χ2v) is 6.40. The maximum Gasteiger partial charge on any atom is 0.335 e. The summed E-state index contributed by atoms with van der Waals surface area (Å²) in [5.41, 5.74) is 9.94. The van der Waals surface area contributed by atoms with E-state index in [0.717, 1.165) is 21.8 Å². The van der Waals surface area contributed by atoms with Gasteiger partial charge < -0.3 is 10.8 Å². The zero-order valence-electron chi connectivity index (χ0n) is 13.0. The van der Waals surface area contributed by atoms with Crippen molar-refractivity contribution in [1.82, 2.24) is 0 Å².